The molecule has 2 saturated heterocycles. The zero-order valence-electron chi connectivity index (χ0n) is 11.4. The zero-order valence-corrected chi connectivity index (χ0v) is 12.1. The fraction of sp³-hybridized carbons (Fsp3) is 0.615. The Bertz CT molecular complexity index is 654. The summed E-state index contributed by atoms with van der Waals surface area (Å²) < 4.78 is 1.75. The average molecular weight is 293 g/mol. The summed E-state index contributed by atoms with van der Waals surface area (Å²) in [6.07, 6.45) is 5.26. The zero-order chi connectivity index (χ0) is 13.7. The van der Waals surface area contributed by atoms with Crippen molar-refractivity contribution in [2.24, 2.45) is 0 Å². The lowest BCUT2D eigenvalue weighted by Gasteiger charge is -2.23. The summed E-state index contributed by atoms with van der Waals surface area (Å²) in [6.45, 7) is 4.39. The average Bonchev–Trinajstić information content (AvgIpc) is 3.11. The number of hydrogen-bond acceptors (Lipinski definition) is 5. The largest absolute Gasteiger partial charge is 0.365 e. The Balaban J connectivity index is 1.71. The molecule has 2 unspecified atom stereocenters. The second kappa shape index (κ2) is 4.56. The van der Waals surface area contributed by atoms with Gasteiger partial charge in [0.05, 0.1) is 0 Å². The van der Waals surface area contributed by atoms with E-state index in [1.165, 1.54) is 38.7 Å². The number of fused-ring (bicyclic) bond motifs is 2. The second-order valence-corrected chi connectivity index (χ2v) is 5.99. The highest BCUT2D eigenvalue weighted by Gasteiger charge is 2.37. The van der Waals surface area contributed by atoms with Crippen LogP contribution in [0.4, 0.5) is 5.82 Å². The standard InChI is InChI=1S/C13H17ClN6/c1-8-11(14)18-13-15-7-16-20(13)12(8)17-9-4-6-19-5-2-3-10(9)19/h7,9-10,17H,2-6H2,1H3. The molecule has 2 atom stereocenters. The van der Waals surface area contributed by atoms with Crippen LogP contribution in [0.25, 0.3) is 5.78 Å². The summed E-state index contributed by atoms with van der Waals surface area (Å²) in [4.78, 5) is 10.9. The van der Waals surface area contributed by atoms with E-state index >= 15 is 0 Å². The predicted molar refractivity (Wildman–Crippen MR) is 77.2 cm³/mol. The summed E-state index contributed by atoms with van der Waals surface area (Å²) in [5.41, 5.74) is 0.932. The number of hydrogen-bond donors (Lipinski definition) is 1. The van der Waals surface area contributed by atoms with Crippen molar-refractivity contribution in [3.63, 3.8) is 0 Å². The minimum absolute atomic E-state index is 0.460. The molecule has 0 aliphatic carbocycles. The van der Waals surface area contributed by atoms with Gasteiger partial charge in [-0.25, -0.2) is 0 Å². The van der Waals surface area contributed by atoms with Gasteiger partial charge in [0.25, 0.3) is 5.78 Å². The van der Waals surface area contributed by atoms with E-state index in [-0.39, 0.29) is 0 Å². The molecule has 4 heterocycles. The molecule has 2 aromatic heterocycles. The first-order valence-electron chi connectivity index (χ1n) is 7.10. The van der Waals surface area contributed by atoms with Gasteiger partial charge in [0.1, 0.15) is 17.3 Å². The quantitative estimate of drug-likeness (QED) is 0.855. The van der Waals surface area contributed by atoms with Crippen molar-refractivity contribution in [2.75, 3.05) is 18.4 Å². The lowest BCUT2D eigenvalue weighted by molar-refractivity contribution is 0.318. The van der Waals surface area contributed by atoms with Crippen LogP contribution in [0.3, 0.4) is 0 Å². The molecule has 0 amide bonds. The highest BCUT2D eigenvalue weighted by atomic mass is 35.5. The SMILES string of the molecule is Cc1c(Cl)nc2ncnn2c1NC1CCN2CCCC12. The third-order valence-electron chi connectivity index (χ3n) is 4.53. The maximum atomic E-state index is 6.20. The Morgan fingerprint density at radius 1 is 1.35 bits per heavy atom. The monoisotopic (exact) mass is 292 g/mol. The van der Waals surface area contributed by atoms with Crippen LogP contribution in [0, 0.1) is 6.92 Å². The summed E-state index contributed by atoms with van der Waals surface area (Å²) in [5.74, 6) is 1.47. The van der Waals surface area contributed by atoms with E-state index in [0.29, 0.717) is 23.0 Å². The van der Waals surface area contributed by atoms with Crippen LogP contribution in [-0.2, 0) is 0 Å². The first kappa shape index (κ1) is 12.3. The van der Waals surface area contributed by atoms with Crippen LogP contribution in [0.5, 0.6) is 0 Å². The van der Waals surface area contributed by atoms with Gasteiger partial charge in [0.15, 0.2) is 0 Å². The first-order chi connectivity index (χ1) is 9.74. The molecule has 0 spiro atoms. The van der Waals surface area contributed by atoms with Crippen LogP contribution in [0.1, 0.15) is 24.8 Å². The second-order valence-electron chi connectivity index (χ2n) is 5.63. The molecule has 7 heteroatoms. The van der Waals surface area contributed by atoms with Crippen molar-refractivity contribution in [1.82, 2.24) is 24.5 Å². The van der Waals surface area contributed by atoms with Gasteiger partial charge in [-0.15, -0.1) is 0 Å². The van der Waals surface area contributed by atoms with E-state index in [1.54, 1.807) is 4.52 Å². The third-order valence-corrected chi connectivity index (χ3v) is 4.90. The van der Waals surface area contributed by atoms with Crippen molar-refractivity contribution in [3.05, 3.63) is 17.0 Å². The molecule has 4 rings (SSSR count). The summed E-state index contributed by atoms with van der Waals surface area (Å²) >= 11 is 6.20. The van der Waals surface area contributed by atoms with Crippen LogP contribution < -0.4 is 5.32 Å². The Labute approximate surface area is 122 Å². The van der Waals surface area contributed by atoms with Crippen molar-refractivity contribution >= 4 is 23.2 Å². The van der Waals surface area contributed by atoms with Gasteiger partial charge in [-0.1, -0.05) is 11.6 Å². The smallest absolute Gasteiger partial charge is 0.255 e. The number of nitrogens with zero attached hydrogens (tertiary/aromatic N) is 5. The molecule has 2 aromatic rings. The van der Waals surface area contributed by atoms with Crippen molar-refractivity contribution < 1.29 is 0 Å². The van der Waals surface area contributed by atoms with Crippen LogP contribution >= 0.6 is 11.6 Å². The van der Waals surface area contributed by atoms with E-state index in [0.717, 1.165) is 11.4 Å². The van der Waals surface area contributed by atoms with Gasteiger partial charge in [-0.2, -0.15) is 19.6 Å². The van der Waals surface area contributed by atoms with E-state index < -0.39 is 0 Å². The van der Waals surface area contributed by atoms with Crippen LogP contribution in [0.2, 0.25) is 5.15 Å². The third kappa shape index (κ3) is 1.78. The minimum atomic E-state index is 0.460. The molecule has 2 aliphatic rings. The van der Waals surface area contributed by atoms with Gasteiger partial charge in [0, 0.05) is 24.2 Å². The summed E-state index contributed by atoms with van der Waals surface area (Å²) in [6, 6.07) is 1.10. The highest BCUT2D eigenvalue weighted by Crippen LogP contribution is 2.31. The fourth-order valence-electron chi connectivity index (χ4n) is 3.49. The maximum Gasteiger partial charge on any atom is 0.255 e. The van der Waals surface area contributed by atoms with Gasteiger partial charge >= 0.3 is 0 Å². The number of nitrogens with one attached hydrogen (secondary N) is 1. The maximum absolute atomic E-state index is 6.20. The van der Waals surface area contributed by atoms with Gasteiger partial charge < -0.3 is 5.32 Å². The number of rotatable bonds is 2. The molecule has 0 saturated carbocycles. The minimum Gasteiger partial charge on any atom is -0.365 e. The van der Waals surface area contributed by atoms with Crippen LogP contribution in [0.15, 0.2) is 6.33 Å². The predicted octanol–water partition coefficient (Wildman–Crippen LogP) is 1.73. The number of halogens is 1. The summed E-state index contributed by atoms with van der Waals surface area (Å²) in [7, 11) is 0. The Morgan fingerprint density at radius 2 is 2.25 bits per heavy atom. The molecule has 1 N–H and O–H groups in total. The number of aromatic nitrogens is 4. The topological polar surface area (TPSA) is 58.4 Å². The fourth-order valence-corrected chi connectivity index (χ4v) is 3.66. The lowest BCUT2D eigenvalue weighted by atomic mass is 10.1. The molecule has 2 aliphatic heterocycles. The molecule has 106 valence electrons. The molecule has 2 fully saturated rings. The Morgan fingerprint density at radius 3 is 3.15 bits per heavy atom. The highest BCUT2D eigenvalue weighted by molar-refractivity contribution is 6.30. The molecule has 0 bridgehead atoms. The normalized spacial score (nSPS) is 26.3. The van der Waals surface area contributed by atoms with Crippen LogP contribution in [-0.4, -0.2) is 49.7 Å². The molecule has 20 heavy (non-hydrogen) atoms. The molecular weight excluding hydrogens is 276 g/mol. The van der Waals surface area contributed by atoms with Gasteiger partial charge in [0.2, 0.25) is 0 Å². The Kier molecular flexibility index (Phi) is 2.82. The van der Waals surface area contributed by atoms with Crippen molar-refractivity contribution in [1.29, 1.82) is 0 Å². The number of anilines is 1. The Hall–Kier alpha value is -1.40. The lowest BCUT2D eigenvalue weighted by Crippen LogP contribution is -2.34. The van der Waals surface area contributed by atoms with E-state index in [1.807, 2.05) is 6.92 Å². The van der Waals surface area contributed by atoms with E-state index in [9.17, 15) is 0 Å². The molecule has 0 aromatic carbocycles. The molecule has 6 nitrogen and oxygen atoms in total. The van der Waals surface area contributed by atoms with E-state index in [2.05, 4.69) is 25.3 Å². The molecule has 0 radical (unpaired) electrons. The van der Waals surface area contributed by atoms with Crippen molar-refractivity contribution in [3.8, 4) is 0 Å². The van der Waals surface area contributed by atoms with Crippen molar-refractivity contribution in [2.45, 2.75) is 38.3 Å². The molecular formula is C13H17ClN6. The van der Waals surface area contributed by atoms with Gasteiger partial charge in [-0.3, -0.25) is 4.90 Å². The summed E-state index contributed by atoms with van der Waals surface area (Å²) in [5, 5.41) is 8.40. The first-order valence-corrected chi connectivity index (χ1v) is 7.48. The van der Waals surface area contributed by atoms with E-state index in [4.69, 9.17) is 11.6 Å². The van der Waals surface area contributed by atoms with Gasteiger partial charge in [-0.05, 0) is 32.7 Å².